The lowest BCUT2D eigenvalue weighted by Crippen LogP contribution is -2.31. The SMILES string of the molecule is C=C([C@@H]1CC=C(C)CC1)[C@@H](O)[C@H]1C[C@@H](C)C(=O)O1. The number of aliphatic hydroxyl groups excluding tert-OH is 1. The molecule has 0 aromatic carbocycles. The van der Waals surface area contributed by atoms with E-state index in [0.29, 0.717) is 12.3 Å². The first kappa shape index (κ1) is 13.3. The maximum absolute atomic E-state index is 11.4. The molecule has 1 heterocycles. The van der Waals surface area contributed by atoms with E-state index in [2.05, 4.69) is 19.6 Å². The zero-order valence-electron chi connectivity index (χ0n) is 11.2. The molecule has 100 valence electrons. The van der Waals surface area contributed by atoms with Crippen molar-refractivity contribution in [3.8, 4) is 0 Å². The van der Waals surface area contributed by atoms with Gasteiger partial charge in [0.2, 0.25) is 0 Å². The fourth-order valence-corrected chi connectivity index (χ4v) is 2.73. The number of hydrogen-bond acceptors (Lipinski definition) is 3. The Hall–Kier alpha value is -1.09. The number of carbonyl (C=O) groups excluding carboxylic acids is 1. The summed E-state index contributed by atoms with van der Waals surface area (Å²) >= 11 is 0. The van der Waals surface area contributed by atoms with Crippen molar-refractivity contribution in [1.29, 1.82) is 0 Å². The second-order valence-corrected chi connectivity index (χ2v) is 5.65. The summed E-state index contributed by atoms with van der Waals surface area (Å²) < 4.78 is 5.20. The molecule has 3 nitrogen and oxygen atoms in total. The lowest BCUT2D eigenvalue weighted by Gasteiger charge is -2.28. The topological polar surface area (TPSA) is 46.5 Å². The second-order valence-electron chi connectivity index (χ2n) is 5.65. The second kappa shape index (κ2) is 5.27. The van der Waals surface area contributed by atoms with E-state index in [-0.39, 0.29) is 11.9 Å². The van der Waals surface area contributed by atoms with Gasteiger partial charge in [0, 0.05) is 6.42 Å². The zero-order valence-corrected chi connectivity index (χ0v) is 11.2. The lowest BCUT2D eigenvalue weighted by molar-refractivity contribution is -0.146. The van der Waals surface area contributed by atoms with Crippen molar-refractivity contribution in [3.63, 3.8) is 0 Å². The number of hydrogen-bond donors (Lipinski definition) is 1. The molecule has 2 rings (SSSR count). The average molecular weight is 250 g/mol. The van der Waals surface area contributed by atoms with Crippen LogP contribution >= 0.6 is 0 Å². The fraction of sp³-hybridized carbons (Fsp3) is 0.667. The van der Waals surface area contributed by atoms with Gasteiger partial charge in [0.1, 0.15) is 12.2 Å². The highest BCUT2D eigenvalue weighted by Gasteiger charge is 2.38. The van der Waals surface area contributed by atoms with Crippen molar-refractivity contribution in [1.82, 2.24) is 0 Å². The van der Waals surface area contributed by atoms with Crippen LogP contribution < -0.4 is 0 Å². The van der Waals surface area contributed by atoms with Gasteiger partial charge in [-0.15, -0.1) is 0 Å². The molecule has 0 saturated carbocycles. The van der Waals surface area contributed by atoms with Crippen molar-refractivity contribution < 1.29 is 14.6 Å². The van der Waals surface area contributed by atoms with E-state index in [1.165, 1.54) is 5.57 Å². The first-order valence-corrected chi connectivity index (χ1v) is 6.72. The van der Waals surface area contributed by atoms with Crippen LogP contribution in [0.1, 0.15) is 39.5 Å². The molecular weight excluding hydrogens is 228 g/mol. The normalized spacial score (nSPS) is 33.8. The summed E-state index contributed by atoms with van der Waals surface area (Å²) in [6, 6.07) is 0. The van der Waals surface area contributed by atoms with E-state index in [1.54, 1.807) is 0 Å². The minimum atomic E-state index is -0.712. The van der Waals surface area contributed by atoms with Gasteiger partial charge in [0.15, 0.2) is 0 Å². The van der Waals surface area contributed by atoms with Gasteiger partial charge < -0.3 is 9.84 Å². The Balaban J connectivity index is 1.95. The molecule has 1 saturated heterocycles. The maximum Gasteiger partial charge on any atom is 0.309 e. The Morgan fingerprint density at radius 2 is 2.33 bits per heavy atom. The monoisotopic (exact) mass is 250 g/mol. The number of aliphatic hydroxyl groups is 1. The van der Waals surface area contributed by atoms with Crippen molar-refractivity contribution in [2.24, 2.45) is 11.8 Å². The summed E-state index contributed by atoms with van der Waals surface area (Å²) in [5, 5.41) is 10.3. The smallest absolute Gasteiger partial charge is 0.309 e. The molecule has 1 aliphatic heterocycles. The van der Waals surface area contributed by atoms with E-state index in [9.17, 15) is 9.90 Å². The molecule has 0 spiro atoms. The van der Waals surface area contributed by atoms with Gasteiger partial charge in [-0.25, -0.2) is 0 Å². The van der Waals surface area contributed by atoms with Crippen LogP contribution in [0.15, 0.2) is 23.8 Å². The first-order chi connectivity index (χ1) is 8.49. The molecule has 1 N–H and O–H groups in total. The van der Waals surface area contributed by atoms with Gasteiger partial charge in [0.05, 0.1) is 5.92 Å². The largest absolute Gasteiger partial charge is 0.459 e. The molecule has 0 amide bonds. The summed E-state index contributed by atoms with van der Waals surface area (Å²) in [7, 11) is 0. The summed E-state index contributed by atoms with van der Waals surface area (Å²) in [6.45, 7) is 8.00. The molecule has 1 aliphatic carbocycles. The summed E-state index contributed by atoms with van der Waals surface area (Å²) in [4.78, 5) is 11.4. The third-order valence-corrected chi connectivity index (χ3v) is 4.15. The van der Waals surface area contributed by atoms with Crippen molar-refractivity contribution in [2.75, 3.05) is 0 Å². The summed E-state index contributed by atoms with van der Waals surface area (Å²) in [6.07, 6.45) is 4.75. The molecule has 0 unspecified atom stereocenters. The highest BCUT2D eigenvalue weighted by molar-refractivity contribution is 5.74. The predicted octanol–water partition coefficient (Wildman–Crippen LogP) is 2.60. The average Bonchev–Trinajstić information content (AvgIpc) is 2.69. The van der Waals surface area contributed by atoms with Gasteiger partial charge in [0.25, 0.3) is 0 Å². The molecule has 0 aromatic rings. The highest BCUT2D eigenvalue weighted by atomic mass is 16.6. The summed E-state index contributed by atoms with van der Waals surface area (Å²) in [5.41, 5.74) is 2.24. The standard InChI is InChI=1S/C15H22O3/c1-9-4-6-12(7-5-9)11(3)14(16)13-8-10(2)15(17)18-13/h4,10,12-14,16H,3,5-8H2,1-2H3/t10-,12-,13-,14-/m1/s1. The van der Waals surface area contributed by atoms with Gasteiger partial charge in [-0.1, -0.05) is 25.2 Å². The molecular formula is C15H22O3. The Labute approximate surface area is 109 Å². The van der Waals surface area contributed by atoms with Crippen LogP contribution in [0.3, 0.4) is 0 Å². The quantitative estimate of drug-likeness (QED) is 0.618. The van der Waals surface area contributed by atoms with E-state index in [4.69, 9.17) is 4.74 Å². The highest BCUT2D eigenvalue weighted by Crippen LogP contribution is 2.33. The van der Waals surface area contributed by atoms with Crippen LogP contribution in [0, 0.1) is 11.8 Å². The predicted molar refractivity (Wildman–Crippen MR) is 69.9 cm³/mol. The molecule has 2 aliphatic rings. The van der Waals surface area contributed by atoms with Crippen LogP contribution in [0.5, 0.6) is 0 Å². The van der Waals surface area contributed by atoms with Crippen LogP contribution in [0.25, 0.3) is 0 Å². The van der Waals surface area contributed by atoms with Gasteiger partial charge in [-0.2, -0.15) is 0 Å². The minimum absolute atomic E-state index is 0.106. The molecule has 18 heavy (non-hydrogen) atoms. The lowest BCUT2D eigenvalue weighted by atomic mass is 9.81. The van der Waals surface area contributed by atoms with E-state index in [1.807, 2.05) is 6.92 Å². The van der Waals surface area contributed by atoms with Crippen LogP contribution in [-0.2, 0) is 9.53 Å². The number of rotatable bonds is 3. The minimum Gasteiger partial charge on any atom is -0.459 e. The molecule has 3 heteroatoms. The number of allylic oxidation sites excluding steroid dienone is 2. The van der Waals surface area contributed by atoms with Crippen molar-refractivity contribution in [2.45, 2.75) is 51.7 Å². The number of carbonyl (C=O) groups is 1. The summed E-state index contributed by atoms with van der Waals surface area (Å²) in [5.74, 6) is 0.00971. The third kappa shape index (κ3) is 2.66. The molecule has 4 atom stereocenters. The van der Waals surface area contributed by atoms with Crippen molar-refractivity contribution >= 4 is 5.97 Å². The van der Waals surface area contributed by atoms with Gasteiger partial charge in [-0.3, -0.25) is 4.79 Å². The number of ether oxygens (including phenoxy) is 1. The first-order valence-electron chi connectivity index (χ1n) is 6.72. The van der Waals surface area contributed by atoms with E-state index < -0.39 is 12.2 Å². The Morgan fingerprint density at radius 1 is 1.61 bits per heavy atom. The Kier molecular flexibility index (Phi) is 3.91. The molecule has 1 fully saturated rings. The van der Waals surface area contributed by atoms with Crippen molar-refractivity contribution in [3.05, 3.63) is 23.8 Å². The number of esters is 1. The number of cyclic esters (lactones) is 1. The Morgan fingerprint density at radius 3 is 2.83 bits per heavy atom. The van der Waals surface area contributed by atoms with Crippen LogP contribution in [-0.4, -0.2) is 23.3 Å². The fourth-order valence-electron chi connectivity index (χ4n) is 2.73. The van der Waals surface area contributed by atoms with Gasteiger partial charge >= 0.3 is 5.97 Å². The van der Waals surface area contributed by atoms with Gasteiger partial charge in [-0.05, 0) is 37.7 Å². The maximum atomic E-state index is 11.4. The zero-order chi connectivity index (χ0) is 13.3. The van der Waals surface area contributed by atoms with E-state index in [0.717, 1.165) is 24.8 Å². The van der Waals surface area contributed by atoms with Crippen LogP contribution in [0.2, 0.25) is 0 Å². The molecule has 0 aromatic heterocycles. The Bertz CT molecular complexity index is 383. The van der Waals surface area contributed by atoms with Crippen LogP contribution in [0.4, 0.5) is 0 Å². The van der Waals surface area contributed by atoms with E-state index >= 15 is 0 Å². The molecule has 0 radical (unpaired) electrons. The third-order valence-electron chi connectivity index (χ3n) is 4.15. The molecule has 0 bridgehead atoms.